The van der Waals surface area contributed by atoms with Gasteiger partial charge in [0, 0.05) is 17.2 Å². The summed E-state index contributed by atoms with van der Waals surface area (Å²) in [6, 6.07) is 4.58. The highest BCUT2D eigenvalue weighted by atomic mass is 32.2. The molecule has 0 spiro atoms. The van der Waals surface area contributed by atoms with Crippen molar-refractivity contribution in [2.45, 2.75) is 43.5 Å². The van der Waals surface area contributed by atoms with Crippen LogP contribution in [0.4, 0.5) is 9.18 Å². The third kappa shape index (κ3) is 5.35. The number of rotatable bonds is 5. The van der Waals surface area contributed by atoms with E-state index in [0.29, 0.717) is 6.54 Å². The Morgan fingerprint density at radius 3 is 2.92 bits per heavy atom. The summed E-state index contributed by atoms with van der Waals surface area (Å²) in [6.07, 6.45) is 4.36. The summed E-state index contributed by atoms with van der Waals surface area (Å²) in [6.45, 7) is 6.39. The standard InChI is InChI=1S/C19H28FN3OS/c1-14-5-10-23(11-6-14)9-2-8-21-19(24)22-17-7-12-25-18-4-3-15(20)13-16(17)18/h3-4,13-14,17H,2,5-12H2,1H3,(H2,21,22,24). The molecule has 1 unspecified atom stereocenters. The van der Waals surface area contributed by atoms with Crippen LogP contribution in [0.2, 0.25) is 0 Å². The van der Waals surface area contributed by atoms with Crippen LogP contribution in [0, 0.1) is 11.7 Å². The fourth-order valence-corrected chi connectivity index (χ4v) is 4.62. The molecule has 1 saturated heterocycles. The van der Waals surface area contributed by atoms with Crippen LogP contribution >= 0.6 is 11.8 Å². The summed E-state index contributed by atoms with van der Waals surface area (Å²) in [4.78, 5) is 15.7. The maximum atomic E-state index is 13.5. The summed E-state index contributed by atoms with van der Waals surface area (Å²) < 4.78 is 13.5. The lowest BCUT2D eigenvalue weighted by Gasteiger charge is -2.30. The predicted octanol–water partition coefficient (Wildman–Crippen LogP) is 3.78. The zero-order chi connectivity index (χ0) is 17.6. The molecule has 4 nitrogen and oxygen atoms in total. The molecule has 2 aliphatic heterocycles. The normalized spacial score (nSPS) is 21.6. The highest BCUT2D eigenvalue weighted by Gasteiger charge is 2.22. The average Bonchev–Trinajstić information content (AvgIpc) is 2.61. The number of thioether (sulfide) groups is 1. The molecule has 1 aromatic carbocycles. The Bertz CT molecular complexity index is 590. The number of nitrogens with one attached hydrogen (secondary N) is 2. The molecule has 0 bridgehead atoms. The van der Waals surface area contributed by atoms with Crippen LogP contribution in [0.25, 0.3) is 0 Å². The maximum Gasteiger partial charge on any atom is 0.315 e. The van der Waals surface area contributed by atoms with Crippen LogP contribution < -0.4 is 10.6 Å². The third-order valence-electron chi connectivity index (χ3n) is 5.13. The Morgan fingerprint density at radius 2 is 2.12 bits per heavy atom. The number of carbonyl (C=O) groups is 1. The number of halogens is 1. The molecular formula is C19H28FN3OS. The monoisotopic (exact) mass is 365 g/mol. The number of piperidine rings is 1. The number of amides is 2. The highest BCUT2D eigenvalue weighted by Crippen LogP contribution is 2.36. The Hall–Kier alpha value is -1.27. The van der Waals surface area contributed by atoms with Crippen molar-refractivity contribution in [3.05, 3.63) is 29.6 Å². The zero-order valence-corrected chi connectivity index (χ0v) is 15.7. The predicted molar refractivity (Wildman–Crippen MR) is 100 cm³/mol. The fraction of sp³-hybridized carbons (Fsp3) is 0.632. The van der Waals surface area contributed by atoms with Crippen LogP contribution in [-0.4, -0.2) is 42.9 Å². The number of fused-ring (bicyclic) bond motifs is 1. The first-order valence-electron chi connectivity index (χ1n) is 9.31. The molecule has 1 atom stereocenters. The molecule has 0 radical (unpaired) electrons. The van der Waals surface area contributed by atoms with E-state index in [0.717, 1.165) is 41.5 Å². The van der Waals surface area contributed by atoms with Gasteiger partial charge in [0.15, 0.2) is 0 Å². The van der Waals surface area contributed by atoms with Gasteiger partial charge in [-0.1, -0.05) is 6.92 Å². The van der Waals surface area contributed by atoms with Crippen molar-refractivity contribution >= 4 is 17.8 Å². The van der Waals surface area contributed by atoms with Crippen molar-refractivity contribution in [2.24, 2.45) is 5.92 Å². The molecule has 1 aromatic rings. The molecule has 6 heteroatoms. The summed E-state index contributed by atoms with van der Waals surface area (Å²) in [5, 5.41) is 5.95. The van der Waals surface area contributed by atoms with Gasteiger partial charge in [0.1, 0.15) is 5.82 Å². The first kappa shape index (κ1) is 18.5. The van der Waals surface area contributed by atoms with Gasteiger partial charge in [-0.25, -0.2) is 9.18 Å². The van der Waals surface area contributed by atoms with Crippen LogP contribution in [0.3, 0.4) is 0 Å². The van der Waals surface area contributed by atoms with Crippen molar-refractivity contribution in [1.82, 2.24) is 15.5 Å². The van der Waals surface area contributed by atoms with E-state index in [4.69, 9.17) is 0 Å². The van der Waals surface area contributed by atoms with Crippen molar-refractivity contribution < 1.29 is 9.18 Å². The quantitative estimate of drug-likeness (QED) is 0.781. The van der Waals surface area contributed by atoms with Gasteiger partial charge in [-0.2, -0.15) is 0 Å². The Labute approximate surface area is 153 Å². The van der Waals surface area contributed by atoms with E-state index in [1.165, 1.54) is 32.0 Å². The number of nitrogens with zero attached hydrogens (tertiary/aromatic N) is 1. The number of benzene rings is 1. The second-order valence-corrected chi connectivity index (χ2v) is 8.29. The van der Waals surface area contributed by atoms with E-state index in [2.05, 4.69) is 22.5 Å². The second-order valence-electron chi connectivity index (χ2n) is 7.15. The number of hydrogen-bond acceptors (Lipinski definition) is 3. The molecule has 3 rings (SSSR count). The average molecular weight is 366 g/mol. The van der Waals surface area contributed by atoms with Gasteiger partial charge < -0.3 is 15.5 Å². The lowest BCUT2D eigenvalue weighted by Crippen LogP contribution is -2.40. The van der Waals surface area contributed by atoms with E-state index in [1.54, 1.807) is 23.9 Å². The summed E-state index contributed by atoms with van der Waals surface area (Å²) >= 11 is 1.72. The van der Waals surface area contributed by atoms with Crippen LogP contribution in [0.15, 0.2) is 23.1 Å². The maximum absolute atomic E-state index is 13.5. The van der Waals surface area contributed by atoms with Gasteiger partial charge in [0.25, 0.3) is 0 Å². The van der Waals surface area contributed by atoms with Gasteiger partial charge >= 0.3 is 6.03 Å². The Morgan fingerprint density at radius 1 is 1.32 bits per heavy atom. The lowest BCUT2D eigenvalue weighted by atomic mass is 9.99. The molecule has 2 aliphatic rings. The smallest absolute Gasteiger partial charge is 0.315 e. The van der Waals surface area contributed by atoms with Crippen molar-refractivity contribution in [3.63, 3.8) is 0 Å². The molecule has 2 heterocycles. The van der Waals surface area contributed by atoms with Gasteiger partial charge in [0.2, 0.25) is 0 Å². The molecule has 1 fully saturated rings. The number of hydrogen-bond donors (Lipinski definition) is 2. The molecule has 25 heavy (non-hydrogen) atoms. The largest absolute Gasteiger partial charge is 0.338 e. The molecule has 2 amide bonds. The summed E-state index contributed by atoms with van der Waals surface area (Å²) in [5.41, 5.74) is 0.897. The first-order valence-corrected chi connectivity index (χ1v) is 10.3. The van der Waals surface area contributed by atoms with E-state index in [9.17, 15) is 9.18 Å². The van der Waals surface area contributed by atoms with Gasteiger partial charge in [0.05, 0.1) is 6.04 Å². The first-order chi connectivity index (χ1) is 12.1. The minimum atomic E-state index is -0.246. The van der Waals surface area contributed by atoms with Crippen LogP contribution in [0.1, 0.15) is 44.2 Å². The molecule has 0 saturated carbocycles. The molecule has 138 valence electrons. The van der Waals surface area contributed by atoms with Gasteiger partial charge in [-0.3, -0.25) is 0 Å². The molecule has 2 N–H and O–H groups in total. The third-order valence-corrected chi connectivity index (χ3v) is 6.25. The van der Waals surface area contributed by atoms with E-state index < -0.39 is 0 Å². The summed E-state index contributed by atoms with van der Waals surface area (Å²) in [5.74, 6) is 1.54. The SMILES string of the molecule is CC1CCN(CCCNC(=O)NC2CCSc3ccc(F)cc32)CC1. The van der Waals surface area contributed by atoms with Crippen LogP contribution in [-0.2, 0) is 0 Å². The fourth-order valence-electron chi connectivity index (χ4n) is 3.51. The van der Waals surface area contributed by atoms with Gasteiger partial charge in [-0.05, 0) is 75.0 Å². The minimum absolute atomic E-state index is 0.101. The van der Waals surface area contributed by atoms with Gasteiger partial charge in [-0.15, -0.1) is 11.8 Å². The zero-order valence-electron chi connectivity index (χ0n) is 14.9. The topological polar surface area (TPSA) is 44.4 Å². The highest BCUT2D eigenvalue weighted by molar-refractivity contribution is 7.99. The molecule has 0 aromatic heterocycles. The molecule has 0 aliphatic carbocycles. The number of likely N-dealkylation sites (tertiary alicyclic amines) is 1. The number of urea groups is 1. The van der Waals surface area contributed by atoms with Crippen molar-refractivity contribution in [2.75, 3.05) is 31.9 Å². The lowest BCUT2D eigenvalue weighted by molar-refractivity contribution is 0.190. The van der Waals surface area contributed by atoms with Crippen LogP contribution in [0.5, 0.6) is 0 Å². The Balaban J connectivity index is 1.39. The van der Waals surface area contributed by atoms with Crippen molar-refractivity contribution in [3.8, 4) is 0 Å². The molecular weight excluding hydrogens is 337 g/mol. The minimum Gasteiger partial charge on any atom is -0.338 e. The second kappa shape index (κ2) is 8.90. The Kier molecular flexibility index (Phi) is 6.59. The summed E-state index contributed by atoms with van der Waals surface area (Å²) in [7, 11) is 0. The number of carbonyl (C=O) groups excluding carboxylic acids is 1. The van der Waals surface area contributed by atoms with E-state index >= 15 is 0 Å². The van der Waals surface area contributed by atoms with Crippen molar-refractivity contribution in [1.29, 1.82) is 0 Å². The van der Waals surface area contributed by atoms with E-state index in [-0.39, 0.29) is 17.9 Å². The van der Waals surface area contributed by atoms with E-state index in [1.807, 2.05) is 0 Å².